The van der Waals surface area contributed by atoms with Crippen LogP contribution in [0.15, 0.2) is 47.5 Å². The summed E-state index contributed by atoms with van der Waals surface area (Å²) in [5, 5.41) is -0.0937. The van der Waals surface area contributed by atoms with E-state index in [1.54, 1.807) is 6.92 Å². The minimum Gasteiger partial charge on any atom is -0.477 e. The van der Waals surface area contributed by atoms with Gasteiger partial charge in [0.15, 0.2) is 21.2 Å². The summed E-state index contributed by atoms with van der Waals surface area (Å²) in [4.78, 5) is 20.3. The number of ether oxygens (including phenoxy) is 1. The number of nitrogens with zero attached hydrogens (tertiary/aromatic N) is 2. The van der Waals surface area contributed by atoms with Gasteiger partial charge in [0.1, 0.15) is 33.9 Å². The first kappa shape index (κ1) is 24.9. The van der Waals surface area contributed by atoms with Gasteiger partial charge in [0.05, 0.1) is 11.3 Å². The van der Waals surface area contributed by atoms with E-state index in [0.29, 0.717) is 5.82 Å². The highest BCUT2D eigenvalue weighted by molar-refractivity contribution is 7.90. The van der Waals surface area contributed by atoms with Crippen molar-refractivity contribution in [2.45, 2.75) is 37.0 Å². The van der Waals surface area contributed by atoms with Gasteiger partial charge >= 0.3 is 0 Å². The van der Waals surface area contributed by atoms with Gasteiger partial charge in [-0.05, 0) is 51.1 Å². The number of hydrogen-bond donors (Lipinski definition) is 0. The van der Waals surface area contributed by atoms with Crippen LogP contribution in [-0.2, 0) is 25.1 Å². The first-order valence-corrected chi connectivity index (χ1v) is 12.3. The maximum absolute atomic E-state index is 15.8. The SMILES string of the molecule is Cc1nccc(C2=C(c3cc(Cl)cc(CS(=O)(=O)c4c(F)cccc4F)c3F)C(=O)C(C)(C)O2)n1. The number of aromatic nitrogens is 2. The lowest BCUT2D eigenvalue weighted by molar-refractivity contribution is -0.125. The summed E-state index contributed by atoms with van der Waals surface area (Å²) in [6.07, 6.45) is 1.44. The standard InChI is InChI=1S/C24H18ClF3N2O4S/c1-12-29-8-7-18(30-12)21-19(23(31)24(2,3)34-21)15-10-14(25)9-13(20(15)28)11-35(32,33)22-16(26)5-4-6-17(22)27/h4-10H,11H2,1-3H3. The number of Topliss-reactive ketones (excluding diaryl/α,β-unsaturated/α-hetero) is 1. The second kappa shape index (κ2) is 8.76. The maximum atomic E-state index is 15.8. The third-order valence-corrected chi connectivity index (χ3v) is 7.25. The summed E-state index contributed by atoms with van der Waals surface area (Å²) < 4.78 is 75.5. The highest BCUT2D eigenvalue weighted by atomic mass is 35.5. The van der Waals surface area contributed by atoms with Crippen LogP contribution in [0.25, 0.3) is 11.3 Å². The first-order chi connectivity index (χ1) is 16.3. The van der Waals surface area contributed by atoms with Crippen molar-refractivity contribution in [1.29, 1.82) is 0 Å². The fraction of sp³-hybridized carbons (Fsp3) is 0.208. The van der Waals surface area contributed by atoms with Crippen LogP contribution in [-0.4, -0.2) is 29.8 Å². The Morgan fingerprint density at radius 3 is 2.37 bits per heavy atom. The molecule has 0 spiro atoms. The van der Waals surface area contributed by atoms with Crippen molar-refractivity contribution in [3.05, 3.63) is 87.7 Å². The number of rotatable bonds is 5. The lowest BCUT2D eigenvalue weighted by atomic mass is 9.92. The van der Waals surface area contributed by atoms with Crippen molar-refractivity contribution in [1.82, 2.24) is 9.97 Å². The summed E-state index contributed by atoms with van der Waals surface area (Å²) in [6.45, 7) is 4.60. The van der Waals surface area contributed by atoms with Crippen molar-refractivity contribution in [2.24, 2.45) is 0 Å². The Morgan fingerprint density at radius 1 is 1.09 bits per heavy atom. The smallest absolute Gasteiger partial charge is 0.210 e. The molecular formula is C24H18ClF3N2O4S. The second-order valence-corrected chi connectivity index (χ2v) is 10.7. The quantitative estimate of drug-likeness (QED) is 0.465. The van der Waals surface area contributed by atoms with Crippen LogP contribution < -0.4 is 0 Å². The molecule has 2 aromatic carbocycles. The normalized spacial score (nSPS) is 15.5. The molecule has 2 heterocycles. The van der Waals surface area contributed by atoms with E-state index in [0.717, 1.165) is 30.3 Å². The van der Waals surface area contributed by atoms with Gasteiger partial charge in [-0.15, -0.1) is 0 Å². The molecule has 0 atom stereocenters. The van der Waals surface area contributed by atoms with E-state index in [9.17, 15) is 22.0 Å². The Morgan fingerprint density at radius 2 is 1.74 bits per heavy atom. The van der Waals surface area contributed by atoms with Crippen molar-refractivity contribution in [3.63, 3.8) is 0 Å². The largest absolute Gasteiger partial charge is 0.477 e. The molecule has 35 heavy (non-hydrogen) atoms. The molecule has 182 valence electrons. The molecule has 0 N–H and O–H groups in total. The van der Waals surface area contributed by atoms with Crippen LogP contribution in [0.4, 0.5) is 13.2 Å². The van der Waals surface area contributed by atoms with Gasteiger partial charge in [-0.2, -0.15) is 0 Å². The number of carbonyl (C=O) groups is 1. The molecule has 1 aliphatic rings. The monoisotopic (exact) mass is 522 g/mol. The summed E-state index contributed by atoms with van der Waals surface area (Å²) in [5.41, 5.74) is -2.14. The molecule has 11 heteroatoms. The third kappa shape index (κ3) is 4.55. The zero-order valence-corrected chi connectivity index (χ0v) is 20.3. The number of aryl methyl sites for hydroxylation is 1. The Bertz CT molecular complexity index is 1500. The number of sulfone groups is 1. The molecule has 4 rings (SSSR count). The van der Waals surface area contributed by atoms with Gasteiger partial charge in [-0.1, -0.05) is 17.7 Å². The molecule has 0 saturated carbocycles. The van der Waals surface area contributed by atoms with E-state index in [-0.39, 0.29) is 27.6 Å². The Labute approximate surface area is 204 Å². The third-order valence-electron chi connectivity index (χ3n) is 5.32. The zero-order valence-electron chi connectivity index (χ0n) is 18.7. The molecule has 0 saturated heterocycles. The predicted octanol–water partition coefficient (Wildman–Crippen LogP) is 5.08. The molecule has 0 fully saturated rings. The van der Waals surface area contributed by atoms with Crippen LogP contribution in [0.3, 0.4) is 0 Å². The lowest BCUT2D eigenvalue weighted by Crippen LogP contribution is -2.29. The Hall–Kier alpha value is -3.24. The zero-order chi connectivity index (χ0) is 25.7. The predicted molar refractivity (Wildman–Crippen MR) is 122 cm³/mol. The Kier molecular flexibility index (Phi) is 6.23. The Balaban J connectivity index is 1.90. The van der Waals surface area contributed by atoms with E-state index >= 15 is 4.39 Å². The van der Waals surface area contributed by atoms with E-state index in [1.807, 2.05) is 0 Å². The molecule has 0 aliphatic carbocycles. The fourth-order valence-corrected chi connectivity index (χ4v) is 5.49. The highest BCUT2D eigenvalue weighted by Crippen LogP contribution is 2.42. The summed E-state index contributed by atoms with van der Waals surface area (Å²) in [7, 11) is -4.66. The molecule has 3 aromatic rings. The summed E-state index contributed by atoms with van der Waals surface area (Å²) >= 11 is 6.17. The molecule has 6 nitrogen and oxygen atoms in total. The first-order valence-electron chi connectivity index (χ1n) is 10.2. The van der Waals surface area contributed by atoms with E-state index in [1.165, 1.54) is 26.1 Å². The number of benzene rings is 2. The number of carbonyl (C=O) groups excluding carboxylic acids is 1. The molecule has 1 aliphatic heterocycles. The van der Waals surface area contributed by atoms with Gasteiger partial charge in [-0.25, -0.2) is 31.6 Å². The molecule has 0 amide bonds. The lowest BCUT2D eigenvalue weighted by Gasteiger charge is -2.17. The van der Waals surface area contributed by atoms with E-state index in [4.69, 9.17) is 16.3 Å². The van der Waals surface area contributed by atoms with E-state index in [2.05, 4.69) is 9.97 Å². The minimum absolute atomic E-state index is 0.0272. The van der Waals surface area contributed by atoms with Gasteiger partial charge in [0.2, 0.25) is 5.78 Å². The van der Waals surface area contributed by atoms with Crippen LogP contribution in [0.1, 0.15) is 36.5 Å². The van der Waals surface area contributed by atoms with Gasteiger partial charge in [0, 0.05) is 22.3 Å². The topological polar surface area (TPSA) is 86.2 Å². The van der Waals surface area contributed by atoms with Crippen LogP contribution in [0.5, 0.6) is 0 Å². The molecule has 1 aromatic heterocycles. The van der Waals surface area contributed by atoms with Crippen LogP contribution in [0, 0.1) is 24.4 Å². The van der Waals surface area contributed by atoms with E-state index < -0.39 is 54.9 Å². The highest BCUT2D eigenvalue weighted by Gasteiger charge is 2.44. The van der Waals surface area contributed by atoms with Crippen molar-refractivity contribution >= 4 is 38.6 Å². The van der Waals surface area contributed by atoms with Crippen LogP contribution in [0.2, 0.25) is 5.02 Å². The summed E-state index contributed by atoms with van der Waals surface area (Å²) in [5.74, 6) is -5.05. The average Bonchev–Trinajstić information content (AvgIpc) is 2.99. The molecule has 0 bridgehead atoms. The molecule has 0 radical (unpaired) electrons. The van der Waals surface area contributed by atoms with Crippen molar-refractivity contribution in [2.75, 3.05) is 0 Å². The number of ketones is 1. The minimum atomic E-state index is -4.66. The maximum Gasteiger partial charge on any atom is 0.210 e. The van der Waals surface area contributed by atoms with Gasteiger partial charge < -0.3 is 4.74 Å². The van der Waals surface area contributed by atoms with Gasteiger partial charge in [0.25, 0.3) is 0 Å². The average molecular weight is 523 g/mol. The van der Waals surface area contributed by atoms with Gasteiger partial charge in [-0.3, -0.25) is 4.79 Å². The number of halogens is 4. The molecule has 0 unspecified atom stereocenters. The number of hydrogen-bond acceptors (Lipinski definition) is 6. The van der Waals surface area contributed by atoms with Crippen molar-refractivity contribution < 1.29 is 31.1 Å². The fourth-order valence-electron chi connectivity index (χ4n) is 3.75. The van der Waals surface area contributed by atoms with Crippen molar-refractivity contribution in [3.8, 4) is 0 Å². The molecular weight excluding hydrogens is 505 g/mol. The summed E-state index contributed by atoms with van der Waals surface area (Å²) in [6, 6.07) is 6.24. The van der Waals surface area contributed by atoms with Crippen LogP contribution >= 0.6 is 11.6 Å². The second-order valence-electron chi connectivity index (χ2n) is 8.37.